The quantitative estimate of drug-likeness (QED) is 0.753. The largest absolute Gasteiger partial charge is 0.464 e. The van der Waals surface area contributed by atoms with Gasteiger partial charge in [0.1, 0.15) is 5.58 Å². The van der Waals surface area contributed by atoms with Crippen LogP contribution in [0.1, 0.15) is 29.5 Å². The van der Waals surface area contributed by atoms with Gasteiger partial charge in [0.15, 0.2) is 0 Å². The van der Waals surface area contributed by atoms with Gasteiger partial charge in [-0.1, -0.05) is 36.4 Å². The molecule has 106 valence electrons. The summed E-state index contributed by atoms with van der Waals surface area (Å²) in [5.74, 6) is 0. The lowest BCUT2D eigenvalue weighted by molar-refractivity contribution is 0.601. The van der Waals surface area contributed by atoms with Crippen molar-refractivity contribution in [3.8, 4) is 0 Å². The van der Waals surface area contributed by atoms with Gasteiger partial charge in [-0.15, -0.1) is 0 Å². The average molecular weight is 277 g/mol. The zero-order valence-corrected chi connectivity index (χ0v) is 12.0. The van der Waals surface area contributed by atoms with Gasteiger partial charge >= 0.3 is 0 Å². The Kier molecular flexibility index (Phi) is 3.24. The smallest absolute Gasteiger partial charge is 0.134 e. The number of nitrogens with one attached hydrogen (secondary N) is 1. The molecule has 1 N–H and O–H groups in total. The Bertz CT molecular complexity index is 741. The molecule has 1 aliphatic carbocycles. The normalized spacial score (nSPS) is 14.7. The maximum absolute atomic E-state index is 5.67. The van der Waals surface area contributed by atoms with E-state index >= 15 is 0 Å². The monoisotopic (exact) mass is 277 g/mol. The Morgan fingerprint density at radius 2 is 1.86 bits per heavy atom. The summed E-state index contributed by atoms with van der Waals surface area (Å²) < 4.78 is 5.67. The van der Waals surface area contributed by atoms with Crippen molar-refractivity contribution in [2.24, 2.45) is 0 Å². The van der Waals surface area contributed by atoms with Gasteiger partial charge in [0.25, 0.3) is 0 Å². The molecule has 3 aromatic rings. The van der Waals surface area contributed by atoms with E-state index in [0.29, 0.717) is 0 Å². The lowest BCUT2D eigenvalue weighted by Gasteiger charge is -2.04. The molecule has 0 saturated heterocycles. The maximum atomic E-state index is 5.67. The first-order chi connectivity index (χ1) is 10.4. The van der Waals surface area contributed by atoms with Crippen LogP contribution in [0.2, 0.25) is 0 Å². The van der Waals surface area contributed by atoms with Crippen molar-refractivity contribution in [1.29, 1.82) is 0 Å². The highest BCUT2D eigenvalue weighted by atomic mass is 16.3. The van der Waals surface area contributed by atoms with Gasteiger partial charge in [-0.2, -0.15) is 0 Å². The molecule has 0 radical (unpaired) electrons. The molecule has 0 atom stereocenters. The molecule has 0 aliphatic heterocycles. The number of furan rings is 1. The Balaban J connectivity index is 1.59. The molecule has 1 heterocycles. The first kappa shape index (κ1) is 12.7. The number of rotatable bonds is 5. The van der Waals surface area contributed by atoms with Crippen LogP contribution < -0.4 is 5.32 Å². The number of hydrogen-bond donors (Lipinski definition) is 1. The molecule has 2 heteroatoms. The van der Waals surface area contributed by atoms with Crippen LogP contribution in [-0.4, -0.2) is 6.04 Å². The van der Waals surface area contributed by atoms with Crippen molar-refractivity contribution in [2.45, 2.75) is 31.8 Å². The highest BCUT2D eigenvalue weighted by Crippen LogP contribution is 2.25. The van der Waals surface area contributed by atoms with Crippen LogP contribution in [0.4, 0.5) is 0 Å². The maximum Gasteiger partial charge on any atom is 0.134 e. The summed E-state index contributed by atoms with van der Waals surface area (Å²) in [4.78, 5) is 0. The van der Waals surface area contributed by atoms with Crippen LogP contribution in [0.5, 0.6) is 0 Å². The second-order valence-corrected chi connectivity index (χ2v) is 5.91. The molecule has 1 aliphatic rings. The fraction of sp³-hybridized carbons (Fsp3) is 0.263. The summed E-state index contributed by atoms with van der Waals surface area (Å²) >= 11 is 0. The van der Waals surface area contributed by atoms with Crippen LogP contribution in [0, 0.1) is 0 Å². The number of benzene rings is 2. The molecule has 1 aromatic heterocycles. The molecule has 0 bridgehead atoms. The van der Waals surface area contributed by atoms with Crippen LogP contribution in [-0.2, 0) is 13.0 Å². The summed E-state index contributed by atoms with van der Waals surface area (Å²) in [6, 6.07) is 17.9. The Morgan fingerprint density at radius 1 is 1.00 bits per heavy atom. The molecule has 0 amide bonds. The molecule has 2 nitrogen and oxygen atoms in total. The fourth-order valence-corrected chi connectivity index (χ4v) is 2.75. The Labute approximate surface area is 124 Å². The molecular formula is C19H19NO. The van der Waals surface area contributed by atoms with Gasteiger partial charge in [-0.05, 0) is 42.5 Å². The number of fused-ring (bicyclic) bond motifs is 1. The highest BCUT2D eigenvalue weighted by molar-refractivity contribution is 5.81. The molecule has 1 fully saturated rings. The van der Waals surface area contributed by atoms with E-state index in [1.54, 1.807) is 0 Å². The van der Waals surface area contributed by atoms with Crippen molar-refractivity contribution in [3.05, 3.63) is 71.5 Å². The summed E-state index contributed by atoms with van der Waals surface area (Å²) in [7, 11) is 0. The van der Waals surface area contributed by atoms with Crippen molar-refractivity contribution in [2.75, 3.05) is 0 Å². The molecule has 0 unspecified atom stereocenters. The van der Waals surface area contributed by atoms with Crippen LogP contribution >= 0.6 is 0 Å². The molecule has 2 aromatic carbocycles. The summed E-state index contributed by atoms with van der Waals surface area (Å²) in [5.41, 5.74) is 4.94. The average Bonchev–Trinajstić information content (AvgIpc) is 3.26. The van der Waals surface area contributed by atoms with E-state index in [4.69, 9.17) is 4.42 Å². The van der Waals surface area contributed by atoms with E-state index in [2.05, 4.69) is 53.8 Å². The second-order valence-electron chi connectivity index (χ2n) is 5.91. The van der Waals surface area contributed by atoms with Crippen molar-refractivity contribution in [1.82, 2.24) is 5.32 Å². The number of hydrogen-bond acceptors (Lipinski definition) is 2. The van der Waals surface area contributed by atoms with E-state index in [9.17, 15) is 0 Å². The molecule has 4 rings (SSSR count). The zero-order valence-electron chi connectivity index (χ0n) is 12.0. The SMILES string of the molecule is c1ccc(Cc2ccc3occ(CNC4CC4)c3c2)cc1. The van der Waals surface area contributed by atoms with Crippen molar-refractivity contribution >= 4 is 11.0 Å². The summed E-state index contributed by atoms with van der Waals surface area (Å²) in [6.07, 6.45) is 5.49. The topological polar surface area (TPSA) is 25.2 Å². The molecular weight excluding hydrogens is 258 g/mol. The van der Waals surface area contributed by atoms with E-state index in [1.165, 1.54) is 34.9 Å². The first-order valence-electron chi connectivity index (χ1n) is 7.65. The predicted molar refractivity (Wildman–Crippen MR) is 85.3 cm³/mol. The summed E-state index contributed by atoms with van der Waals surface area (Å²) in [5, 5.41) is 4.81. The van der Waals surface area contributed by atoms with E-state index in [-0.39, 0.29) is 0 Å². The first-order valence-corrected chi connectivity index (χ1v) is 7.65. The van der Waals surface area contributed by atoms with Gasteiger partial charge in [0.2, 0.25) is 0 Å². The van der Waals surface area contributed by atoms with Gasteiger partial charge in [0.05, 0.1) is 6.26 Å². The van der Waals surface area contributed by atoms with E-state index in [1.807, 2.05) is 6.26 Å². The van der Waals surface area contributed by atoms with Gasteiger partial charge in [-0.3, -0.25) is 0 Å². The zero-order chi connectivity index (χ0) is 14.1. The lowest BCUT2D eigenvalue weighted by atomic mass is 10.0. The lowest BCUT2D eigenvalue weighted by Crippen LogP contribution is -2.14. The van der Waals surface area contributed by atoms with Crippen LogP contribution in [0.3, 0.4) is 0 Å². The Hall–Kier alpha value is -2.06. The second kappa shape index (κ2) is 5.38. The third-order valence-corrected chi connectivity index (χ3v) is 4.13. The highest BCUT2D eigenvalue weighted by Gasteiger charge is 2.20. The van der Waals surface area contributed by atoms with Gasteiger partial charge in [-0.25, -0.2) is 0 Å². The van der Waals surface area contributed by atoms with E-state index < -0.39 is 0 Å². The van der Waals surface area contributed by atoms with Gasteiger partial charge in [0, 0.05) is 23.5 Å². The predicted octanol–water partition coefficient (Wildman–Crippen LogP) is 4.28. The van der Waals surface area contributed by atoms with Gasteiger partial charge < -0.3 is 9.73 Å². The standard InChI is InChI=1S/C19H19NO/c1-2-4-14(5-3-1)10-15-6-9-19-18(11-15)16(13-21-19)12-20-17-7-8-17/h1-6,9,11,13,17,20H,7-8,10,12H2. The third kappa shape index (κ3) is 2.86. The fourth-order valence-electron chi connectivity index (χ4n) is 2.75. The molecule has 0 spiro atoms. The minimum atomic E-state index is 0.724. The third-order valence-electron chi connectivity index (χ3n) is 4.13. The molecule has 1 saturated carbocycles. The Morgan fingerprint density at radius 3 is 2.67 bits per heavy atom. The van der Waals surface area contributed by atoms with Crippen LogP contribution in [0.25, 0.3) is 11.0 Å². The van der Waals surface area contributed by atoms with Crippen LogP contribution in [0.15, 0.2) is 59.2 Å². The van der Waals surface area contributed by atoms with E-state index in [0.717, 1.165) is 24.6 Å². The summed E-state index contributed by atoms with van der Waals surface area (Å²) in [6.45, 7) is 0.909. The van der Waals surface area contributed by atoms with Crippen molar-refractivity contribution in [3.63, 3.8) is 0 Å². The minimum Gasteiger partial charge on any atom is -0.464 e. The van der Waals surface area contributed by atoms with Crippen molar-refractivity contribution < 1.29 is 4.42 Å². The minimum absolute atomic E-state index is 0.724. The molecule has 21 heavy (non-hydrogen) atoms.